The van der Waals surface area contributed by atoms with E-state index in [2.05, 4.69) is 10.3 Å². The number of nitrogens with one attached hydrogen (secondary N) is 1. The highest BCUT2D eigenvalue weighted by molar-refractivity contribution is 7.15. The molecule has 0 saturated heterocycles. The van der Waals surface area contributed by atoms with Gasteiger partial charge < -0.3 is 0 Å². The first-order valence-electron chi connectivity index (χ1n) is 8.49. The largest absolute Gasteiger partial charge is 0.298 e. The molecule has 6 heteroatoms. The van der Waals surface area contributed by atoms with E-state index in [1.165, 1.54) is 17.4 Å². The topological polar surface area (TPSA) is 42.0 Å². The summed E-state index contributed by atoms with van der Waals surface area (Å²) in [4.78, 5) is 17.7. The predicted molar refractivity (Wildman–Crippen MR) is 108 cm³/mol. The average molecular weight is 399 g/mol. The second kappa shape index (κ2) is 7.25. The first-order chi connectivity index (χ1) is 13.0. The molecular weight excluding hydrogens is 383 g/mol. The predicted octanol–water partition coefficient (Wildman–Crippen LogP) is 5.33. The van der Waals surface area contributed by atoms with E-state index in [1.54, 1.807) is 12.3 Å². The molecule has 0 spiro atoms. The lowest BCUT2D eigenvalue weighted by molar-refractivity contribution is -0.112. The summed E-state index contributed by atoms with van der Waals surface area (Å²) in [6.45, 7) is 1.86. The number of halogens is 2. The lowest BCUT2D eigenvalue weighted by Gasteiger charge is -2.03. The Kier molecular flexibility index (Phi) is 4.81. The number of carbonyl (C=O) groups is 1. The third-order valence-electron chi connectivity index (χ3n) is 4.51. The number of hydrogen-bond acceptors (Lipinski definition) is 3. The molecule has 27 heavy (non-hydrogen) atoms. The van der Waals surface area contributed by atoms with Crippen LogP contribution in [0, 0.1) is 12.7 Å². The monoisotopic (exact) mass is 398 g/mol. The van der Waals surface area contributed by atoms with E-state index in [0.29, 0.717) is 34.1 Å². The molecule has 3 aromatic rings. The van der Waals surface area contributed by atoms with Crippen LogP contribution in [0.2, 0.25) is 0 Å². The van der Waals surface area contributed by atoms with Crippen LogP contribution in [0.4, 0.5) is 9.52 Å². The van der Waals surface area contributed by atoms with Gasteiger partial charge in [-0.25, -0.2) is 9.37 Å². The van der Waals surface area contributed by atoms with Gasteiger partial charge >= 0.3 is 0 Å². The number of carbonyl (C=O) groups excluding carboxylic acids is 1. The molecule has 1 aromatic heterocycles. The number of rotatable bonds is 4. The molecule has 1 N–H and O–H groups in total. The van der Waals surface area contributed by atoms with Crippen molar-refractivity contribution in [2.45, 2.75) is 19.8 Å². The Morgan fingerprint density at radius 3 is 2.89 bits per heavy atom. The lowest BCUT2D eigenvalue weighted by atomic mass is 10.1. The van der Waals surface area contributed by atoms with Crippen molar-refractivity contribution in [3.05, 3.63) is 87.2 Å². The van der Waals surface area contributed by atoms with Gasteiger partial charge in [0.05, 0.1) is 5.03 Å². The van der Waals surface area contributed by atoms with Gasteiger partial charge in [0.2, 0.25) is 0 Å². The second-order valence-corrected chi connectivity index (χ2v) is 7.98. The molecule has 0 aliphatic heterocycles. The van der Waals surface area contributed by atoms with Crippen molar-refractivity contribution in [3.63, 3.8) is 0 Å². The third kappa shape index (κ3) is 3.66. The minimum absolute atomic E-state index is 0.227. The van der Waals surface area contributed by atoms with Gasteiger partial charge in [0.1, 0.15) is 5.82 Å². The highest BCUT2D eigenvalue weighted by Crippen LogP contribution is 2.36. The molecule has 2 aromatic carbocycles. The third-order valence-corrected chi connectivity index (χ3v) is 5.85. The van der Waals surface area contributed by atoms with Gasteiger partial charge in [-0.15, -0.1) is 11.3 Å². The van der Waals surface area contributed by atoms with Gasteiger partial charge in [-0.2, -0.15) is 0 Å². The highest BCUT2D eigenvalue weighted by atomic mass is 35.5. The fourth-order valence-corrected chi connectivity index (χ4v) is 4.27. The van der Waals surface area contributed by atoms with Crippen LogP contribution in [-0.4, -0.2) is 10.9 Å². The number of thiazole rings is 1. The van der Waals surface area contributed by atoms with Crippen molar-refractivity contribution in [2.75, 3.05) is 5.32 Å². The molecule has 1 aliphatic rings. The number of aryl methyl sites for hydroxylation is 1. The van der Waals surface area contributed by atoms with Crippen molar-refractivity contribution < 1.29 is 9.18 Å². The summed E-state index contributed by atoms with van der Waals surface area (Å²) in [5, 5.41) is 3.78. The summed E-state index contributed by atoms with van der Waals surface area (Å²) in [6.07, 6.45) is 2.61. The van der Waals surface area contributed by atoms with Crippen molar-refractivity contribution in [2.24, 2.45) is 0 Å². The molecular formula is C21H16ClFN2OS. The van der Waals surface area contributed by atoms with E-state index in [1.807, 2.05) is 37.3 Å². The average Bonchev–Trinajstić information content (AvgIpc) is 3.22. The van der Waals surface area contributed by atoms with Gasteiger partial charge in [-0.05, 0) is 35.2 Å². The number of fused-ring (bicyclic) bond motifs is 1. The van der Waals surface area contributed by atoms with Gasteiger partial charge in [-0.3, -0.25) is 10.1 Å². The van der Waals surface area contributed by atoms with E-state index >= 15 is 0 Å². The first-order valence-corrected chi connectivity index (χ1v) is 9.68. The normalized spacial score (nSPS) is 13.0. The number of amides is 1. The van der Waals surface area contributed by atoms with E-state index < -0.39 is 0 Å². The summed E-state index contributed by atoms with van der Waals surface area (Å²) in [5.41, 5.74) is 3.98. The Balaban J connectivity index is 1.47. The molecule has 0 fully saturated rings. The number of anilines is 1. The van der Waals surface area contributed by atoms with E-state index in [4.69, 9.17) is 11.6 Å². The SMILES string of the molecule is Cc1ccc(Cc2cnc(NC(=O)C3=C(Cl)c4ccccc4C3)s2)c(F)c1. The zero-order valence-electron chi connectivity index (χ0n) is 14.6. The van der Waals surface area contributed by atoms with Crippen LogP contribution in [0.3, 0.4) is 0 Å². The molecule has 0 bridgehead atoms. The standard InChI is InChI=1S/C21H16ClFN2OS/c1-12-6-7-14(18(23)8-12)9-15-11-24-21(27-15)25-20(26)17-10-13-4-2-3-5-16(13)19(17)22/h2-8,11H,9-10H2,1H3,(H,24,25,26). The van der Waals surface area contributed by atoms with Crippen molar-refractivity contribution in [1.82, 2.24) is 4.98 Å². The number of aromatic nitrogens is 1. The first kappa shape index (κ1) is 17.9. The van der Waals surface area contributed by atoms with Gasteiger partial charge in [0.15, 0.2) is 5.13 Å². The van der Waals surface area contributed by atoms with E-state index in [0.717, 1.165) is 21.6 Å². The van der Waals surface area contributed by atoms with Gasteiger partial charge in [-0.1, -0.05) is 48.0 Å². The summed E-state index contributed by atoms with van der Waals surface area (Å²) < 4.78 is 14.0. The maximum absolute atomic E-state index is 14.0. The molecule has 1 aliphatic carbocycles. The zero-order chi connectivity index (χ0) is 19.0. The fraction of sp³-hybridized carbons (Fsp3) is 0.143. The molecule has 0 unspecified atom stereocenters. The minimum atomic E-state index is -0.251. The quantitative estimate of drug-likeness (QED) is 0.645. The van der Waals surface area contributed by atoms with Crippen LogP contribution in [0.15, 0.2) is 54.2 Å². The van der Waals surface area contributed by atoms with Crippen LogP contribution in [0.25, 0.3) is 5.03 Å². The van der Waals surface area contributed by atoms with Crippen molar-refractivity contribution >= 4 is 39.0 Å². The minimum Gasteiger partial charge on any atom is -0.298 e. The Bertz CT molecular complexity index is 1070. The highest BCUT2D eigenvalue weighted by Gasteiger charge is 2.25. The number of benzene rings is 2. The molecule has 0 atom stereocenters. The van der Waals surface area contributed by atoms with Crippen LogP contribution >= 0.6 is 22.9 Å². The molecule has 0 saturated carbocycles. The van der Waals surface area contributed by atoms with Crippen LogP contribution in [0.1, 0.15) is 27.1 Å². The summed E-state index contributed by atoms with van der Waals surface area (Å²) in [5.74, 6) is -0.478. The molecule has 0 radical (unpaired) electrons. The van der Waals surface area contributed by atoms with E-state index in [9.17, 15) is 9.18 Å². The van der Waals surface area contributed by atoms with E-state index in [-0.39, 0.29) is 11.7 Å². The Hall–Kier alpha value is -2.50. The maximum atomic E-state index is 14.0. The zero-order valence-corrected chi connectivity index (χ0v) is 16.1. The Morgan fingerprint density at radius 2 is 2.11 bits per heavy atom. The van der Waals surface area contributed by atoms with Crippen LogP contribution in [0.5, 0.6) is 0 Å². The van der Waals surface area contributed by atoms with Crippen molar-refractivity contribution in [3.8, 4) is 0 Å². The molecule has 4 rings (SSSR count). The maximum Gasteiger partial charge on any atom is 0.255 e. The summed E-state index contributed by atoms with van der Waals surface area (Å²) in [7, 11) is 0. The van der Waals surface area contributed by atoms with Crippen LogP contribution in [-0.2, 0) is 17.6 Å². The molecule has 3 nitrogen and oxygen atoms in total. The lowest BCUT2D eigenvalue weighted by Crippen LogP contribution is -2.14. The summed E-state index contributed by atoms with van der Waals surface area (Å²) >= 11 is 7.71. The fourth-order valence-electron chi connectivity index (χ4n) is 3.10. The van der Waals surface area contributed by atoms with Crippen molar-refractivity contribution in [1.29, 1.82) is 0 Å². The molecule has 136 valence electrons. The Labute approximate surface area is 165 Å². The summed E-state index contributed by atoms with van der Waals surface area (Å²) in [6, 6.07) is 12.9. The molecule has 1 heterocycles. The smallest absolute Gasteiger partial charge is 0.255 e. The van der Waals surface area contributed by atoms with Gasteiger partial charge in [0, 0.05) is 29.5 Å². The number of nitrogens with zero attached hydrogens (tertiary/aromatic N) is 1. The Morgan fingerprint density at radius 1 is 1.30 bits per heavy atom. The second-order valence-electron chi connectivity index (χ2n) is 6.48. The molecule has 1 amide bonds. The van der Waals surface area contributed by atoms with Gasteiger partial charge in [0.25, 0.3) is 5.91 Å². The van der Waals surface area contributed by atoms with Crippen LogP contribution < -0.4 is 5.32 Å². The number of hydrogen-bond donors (Lipinski definition) is 1.